The molecule has 0 aliphatic heterocycles. The molecular formula is C22H26N2O5S. The average molecular weight is 431 g/mol. The van der Waals surface area contributed by atoms with Gasteiger partial charge >= 0.3 is 0 Å². The molecule has 3 rings (SSSR count). The first-order chi connectivity index (χ1) is 14.4. The Kier molecular flexibility index (Phi) is 7.23. The highest BCUT2D eigenvalue weighted by Crippen LogP contribution is 2.29. The van der Waals surface area contributed by atoms with Crippen LogP contribution in [0.1, 0.15) is 42.5 Å². The van der Waals surface area contributed by atoms with Gasteiger partial charge in [0.05, 0.1) is 5.69 Å². The number of carbonyl (C=O) groups excluding carboxylic acids is 2. The molecule has 160 valence electrons. The molecule has 0 radical (unpaired) electrons. The van der Waals surface area contributed by atoms with Crippen LogP contribution in [0.3, 0.4) is 0 Å². The maximum Gasteiger partial charge on any atom is 0.262 e. The molecule has 0 spiro atoms. The Morgan fingerprint density at radius 2 is 1.77 bits per heavy atom. The summed E-state index contributed by atoms with van der Waals surface area (Å²) in [5.74, 6) is -0.0360. The Labute approximate surface area is 177 Å². The van der Waals surface area contributed by atoms with Crippen LogP contribution in [0.2, 0.25) is 0 Å². The van der Waals surface area contributed by atoms with Crippen LogP contribution in [0.25, 0.3) is 0 Å². The first kappa shape index (κ1) is 22.0. The molecule has 0 heterocycles. The van der Waals surface area contributed by atoms with Crippen molar-refractivity contribution >= 4 is 27.9 Å². The summed E-state index contributed by atoms with van der Waals surface area (Å²) in [7, 11) is -2.14. The first-order valence-electron chi connectivity index (χ1n) is 9.97. The van der Waals surface area contributed by atoms with Gasteiger partial charge in [0.15, 0.2) is 6.61 Å². The number of amides is 1. The van der Waals surface area contributed by atoms with Gasteiger partial charge in [-0.05, 0) is 49.2 Å². The Balaban J connectivity index is 1.69. The van der Waals surface area contributed by atoms with Crippen molar-refractivity contribution in [2.75, 3.05) is 19.0 Å². The van der Waals surface area contributed by atoms with E-state index in [1.165, 1.54) is 10.4 Å². The maximum atomic E-state index is 13.2. The van der Waals surface area contributed by atoms with E-state index >= 15 is 0 Å². The zero-order chi connectivity index (χ0) is 21.6. The van der Waals surface area contributed by atoms with E-state index in [2.05, 4.69) is 5.32 Å². The number of hydrogen-bond acceptors (Lipinski definition) is 5. The summed E-state index contributed by atoms with van der Waals surface area (Å²) in [5.41, 5.74) is 0.734. The van der Waals surface area contributed by atoms with Gasteiger partial charge in [0, 0.05) is 18.7 Å². The van der Waals surface area contributed by atoms with Crippen LogP contribution in [-0.4, -0.2) is 44.6 Å². The highest BCUT2D eigenvalue weighted by atomic mass is 32.2. The zero-order valence-electron chi connectivity index (χ0n) is 16.9. The van der Waals surface area contributed by atoms with Crippen LogP contribution >= 0.6 is 0 Å². The highest BCUT2D eigenvalue weighted by Gasteiger charge is 2.31. The third-order valence-electron chi connectivity index (χ3n) is 5.29. The lowest BCUT2D eigenvalue weighted by Crippen LogP contribution is -2.38. The van der Waals surface area contributed by atoms with Gasteiger partial charge in [-0.3, -0.25) is 9.59 Å². The predicted molar refractivity (Wildman–Crippen MR) is 114 cm³/mol. The van der Waals surface area contributed by atoms with Crippen LogP contribution in [0.5, 0.6) is 5.75 Å². The first-order valence-corrected chi connectivity index (χ1v) is 11.4. The number of anilines is 1. The summed E-state index contributed by atoms with van der Waals surface area (Å²) in [4.78, 5) is 23.1. The predicted octanol–water partition coefficient (Wildman–Crippen LogP) is 3.47. The van der Waals surface area contributed by atoms with Crippen LogP contribution in [0, 0.1) is 0 Å². The molecule has 30 heavy (non-hydrogen) atoms. The van der Waals surface area contributed by atoms with Crippen LogP contribution in [0.4, 0.5) is 5.69 Å². The molecule has 0 bridgehead atoms. The quantitative estimate of drug-likeness (QED) is 0.648. The second-order valence-corrected chi connectivity index (χ2v) is 9.30. The van der Waals surface area contributed by atoms with Gasteiger partial charge < -0.3 is 10.1 Å². The van der Waals surface area contributed by atoms with Gasteiger partial charge in [0.2, 0.25) is 10.0 Å². The number of rotatable bonds is 8. The van der Waals surface area contributed by atoms with Gasteiger partial charge in [-0.2, -0.15) is 4.31 Å². The van der Waals surface area contributed by atoms with E-state index in [1.807, 2.05) is 0 Å². The topological polar surface area (TPSA) is 92.8 Å². The molecule has 2 aromatic carbocycles. The van der Waals surface area contributed by atoms with E-state index in [0.29, 0.717) is 11.3 Å². The van der Waals surface area contributed by atoms with Crippen molar-refractivity contribution in [2.45, 2.75) is 43.0 Å². The Morgan fingerprint density at radius 3 is 2.43 bits per heavy atom. The molecule has 8 heteroatoms. The number of ether oxygens (including phenoxy) is 1. The molecule has 1 saturated carbocycles. The smallest absolute Gasteiger partial charge is 0.262 e. The SMILES string of the molecule is CN(C1CCCCC1)S(=O)(=O)c1ccccc1NC(=O)COc1ccc(C=O)cc1. The molecule has 1 N–H and O–H groups in total. The lowest BCUT2D eigenvalue weighted by molar-refractivity contribution is -0.118. The van der Waals surface area contributed by atoms with E-state index in [0.717, 1.165) is 38.4 Å². The molecule has 7 nitrogen and oxygen atoms in total. The molecule has 0 saturated heterocycles. The second kappa shape index (κ2) is 9.86. The fraction of sp³-hybridized carbons (Fsp3) is 0.364. The Hall–Kier alpha value is -2.71. The van der Waals surface area contributed by atoms with Gasteiger partial charge in [0.25, 0.3) is 5.91 Å². The number of carbonyl (C=O) groups is 2. The summed E-state index contributed by atoms with van der Waals surface area (Å²) in [6.07, 6.45) is 5.59. The fourth-order valence-electron chi connectivity index (χ4n) is 3.57. The third kappa shape index (κ3) is 5.25. The number of para-hydroxylation sites is 1. The summed E-state index contributed by atoms with van der Waals surface area (Å²) >= 11 is 0. The van der Waals surface area contributed by atoms with Crippen molar-refractivity contribution < 1.29 is 22.7 Å². The summed E-state index contributed by atoms with van der Waals surface area (Å²) in [6, 6.07) is 12.7. The van der Waals surface area contributed by atoms with Crippen molar-refractivity contribution in [3.8, 4) is 5.75 Å². The highest BCUT2D eigenvalue weighted by molar-refractivity contribution is 7.89. The van der Waals surface area contributed by atoms with Gasteiger partial charge in [0.1, 0.15) is 16.9 Å². The molecule has 0 atom stereocenters. The lowest BCUT2D eigenvalue weighted by Gasteiger charge is -2.30. The minimum absolute atomic E-state index is 0.0230. The van der Waals surface area contributed by atoms with Crippen LogP contribution in [-0.2, 0) is 14.8 Å². The number of benzene rings is 2. The number of sulfonamides is 1. The van der Waals surface area contributed by atoms with Crippen molar-refractivity contribution in [1.29, 1.82) is 0 Å². The van der Waals surface area contributed by atoms with Gasteiger partial charge in [-0.25, -0.2) is 8.42 Å². The van der Waals surface area contributed by atoms with Gasteiger partial charge in [-0.15, -0.1) is 0 Å². The Bertz CT molecular complexity index is 983. The van der Waals surface area contributed by atoms with E-state index < -0.39 is 15.9 Å². The molecule has 0 unspecified atom stereocenters. The van der Waals surface area contributed by atoms with Crippen molar-refractivity contribution in [2.24, 2.45) is 0 Å². The van der Waals surface area contributed by atoms with E-state index in [4.69, 9.17) is 4.74 Å². The van der Waals surface area contributed by atoms with Gasteiger partial charge in [-0.1, -0.05) is 31.4 Å². The maximum absolute atomic E-state index is 13.2. The molecule has 1 fully saturated rings. The monoisotopic (exact) mass is 430 g/mol. The van der Waals surface area contributed by atoms with E-state index in [-0.39, 0.29) is 23.2 Å². The second-order valence-electron chi connectivity index (χ2n) is 7.33. The molecule has 1 aliphatic rings. The number of hydrogen-bond donors (Lipinski definition) is 1. The van der Waals surface area contributed by atoms with Crippen molar-refractivity contribution in [3.63, 3.8) is 0 Å². The van der Waals surface area contributed by atoms with Crippen LogP contribution < -0.4 is 10.1 Å². The van der Waals surface area contributed by atoms with E-state index in [9.17, 15) is 18.0 Å². The lowest BCUT2D eigenvalue weighted by atomic mass is 9.96. The average Bonchev–Trinajstić information content (AvgIpc) is 2.78. The summed E-state index contributed by atoms with van der Waals surface area (Å²) in [5, 5.41) is 2.64. The third-order valence-corrected chi connectivity index (χ3v) is 7.26. The van der Waals surface area contributed by atoms with Crippen LogP contribution in [0.15, 0.2) is 53.4 Å². The van der Waals surface area contributed by atoms with E-state index in [1.54, 1.807) is 49.5 Å². The minimum atomic E-state index is -3.74. The summed E-state index contributed by atoms with van der Waals surface area (Å²) < 4.78 is 33.2. The standard InChI is InChI=1S/C22H26N2O5S/c1-24(18-7-3-2-4-8-18)30(27,28)21-10-6-5-9-20(21)23-22(26)16-29-19-13-11-17(15-25)12-14-19/h5-6,9-15,18H,2-4,7-8,16H2,1H3,(H,23,26). The molecular weight excluding hydrogens is 404 g/mol. The zero-order valence-corrected chi connectivity index (χ0v) is 17.7. The number of nitrogens with zero attached hydrogens (tertiary/aromatic N) is 1. The Morgan fingerprint density at radius 1 is 1.10 bits per heavy atom. The number of aldehydes is 1. The summed E-state index contributed by atoms with van der Waals surface area (Å²) in [6.45, 7) is -0.284. The van der Waals surface area contributed by atoms with Crippen molar-refractivity contribution in [1.82, 2.24) is 4.31 Å². The molecule has 1 aliphatic carbocycles. The molecule has 0 aromatic heterocycles. The largest absolute Gasteiger partial charge is 0.484 e. The fourth-order valence-corrected chi connectivity index (χ4v) is 5.13. The normalized spacial score (nSPS) is 15.0. The molecule has 2 aromatic rings. The molecule has 1 amide bonds. The number of nitrogens with one attached hydrogen (secondary N) is 1. The van der Waals surface area contributed by atoms with Crippen molar-refractivity contribution in [3.05, 3.63) is 54.1 Å². The minimum Gasteiger partial charge on any atom is -0.484 e.